The largest absolute Gasteiger partial charge is 0.297 e. The van der Waals surface area contributed by atoms with E-state index in [-0.39, 0.29) is 24.1 Å². The molecule has 0 amide bonds. The van der Waals surface area contributed by atoms with Crippen LogP contribution in [0.1, 0.15) is 56.5 Å². The summed E-state index contributed by atoms with van der Waals surface area (Å²) in [7, 11) is -1.80. The molecule has 3 rings (SSSR count). The van der Waals surface area contributed by atoms with Crippen LogP contribution in [0.5, 0.6) is 0 Å². The Balaban J connectivity index is 1.84. The highest BCUT2D eigenvalue weighted by Gasteiger charge is 2.43. The van der Waals surface area contributed by atoms with Crippen LogP contribution in [0.15, 0.2) is 54.6 Å². The SMILES string of the molecule is C[C@H](NS(=O)(=O)[C@@H]1CON(C)[C@@H]1c1ccc(C(C)(C)C)cc1)c1ccccc1. The Kier molecular flexibility index (Phi) is 5.96. The van der Waals surface area contributed by atoms with Gasteiger partial charge >= 0.3 is 0 Å². The zero-order chi connectivity index (χ0) is 20.5. The molecule has 1 aliphatic rings. The highest BCUT2D eigenvalue weighted by atomic mass is 32.2. The lowest BCUT2D eigenvalue weighted by Gasteiger charge is -2.26. The Labute approximate surface area is 168 Å². The van der Waals surface area contributed by atoms with E-state index in [4.69, 9.17) is 4.84 Å². The van der Waals surface area contributed by atoms with E-state index < -0.39 is 15.3 Å². The Morgan fingerprint density at radius 3 is 2.25 bits per heavy atom. The molecule has 6 heteroatoms. The monoisotopic (exact) mass is 402 g/mol. The first kappa shape index (κ1) is 21.0. The zero-order valence-corrected chi connectivity index (χ0v) is 18.0. The topological polar surface area (TPSA) is 58.6 Å². The van der Waals surface area contributed by atoms with Gasteiger partial charge in [0.15, 0.2) is 0 Å². The van der Waals surface area contributed by atoms with Crippen LogP contribution in [0, 0.1) is 0 Å². The standard InChI is InChI=1S/C22H30N2O3S/c1-16(17-9-7-6-8-10-17)23-28(25,26)20-15-27-24(5)21(20)18-11-13-19(14-12-18)22(2,3)4/h6-14,16,20-21,23H,15H2,1-5H3/t16-,20+,21+/m0/s1. The molecule has 1 heterocycles. The molecule has 2 aromatic carbocycles. The maximum Gasteiger partial charge on any atom is 0.219 e. The highest BCUT2D eigenvalue weighted by molar-refractivity contribution is 7.90. The third-order valence-corrected chi connectivity index (χ3v) is 7.22. The van der Waals surface area contributed by atoms with Gasteiger partial charge in [-0.3, -0.25) is 4.84 Å². The molecule has 0 aliphatic carbocycles. The molecule has 5 nitrogen and oxygen atoms in total. The second-order valence-corrected chi connectivity index (χ2v) is 10.4. The van der Waals surface area contributed by atoms with Gasteiger partial charge < -0.3 is 0 Å². The molecule has 3 atom stereocenters. The zero-order valence-electron chi connectivity index (χ0n) is 17.2. The Bertz CT molecular complexity index is 890. The van der Waals surface area contributed by atoms with Crippen molar-refractivity contribution < 1.29 is 13.3 Å². The molecule has 0 unspecified atom stereocenters. The second kappa shape index (κ2) is 7.95. The third kappa shape index (κ3) is 4.46. The van der Waals surface area contributed by atoms with Crippen molar-refractivity contribution >= 4 is 10.0 Å². The maximum absolute atomic E-state index is 13.2. The Morgan fingerprint density at radius 2 is 1.68 bits per heavy atom. The van der Waals surface area contributed by atoms with Crippen molar-refractivity contribution in [3.05, 3.63) is 71.3 Å². The first-order valence-electron chi connectivity index (χ1n) is 9.62. The molecule has 1 N–H and O–H groups in total. The van der Waals surface area contributed by atoms with Gasteiger partial charge in [-0.1, -0.05) is 75.4 Å². The molecule has 0 aromatic heterocycles. The van der Waals surface area contributed by atoms with Gasteiger partial charge in [-0.25, -0.2) is 13.1 Å². The van der Waals surface area contributed by atoms with Crippen molar-refractivity contribution in [2.45, 2.75) is 50.4 Å². The van der Waals surface area contributed by atoms with Crippen LogP contribution in [0.2, 0.25) is 0 Å². The molecule has 1 saturated heterocycles. The van der Waals surface area contributed by atoms with Crippen molar-refractivity contribution in [3.63, 3.8) is 0 Å². The summed E-state index contributed by atoms with van der Waals surface area (Å²) < 4.78 is 29.1. The number of nitrogens with zero attached hydrogens (tertiary/aromatic N) is 1. The summed E-state index contributed by atoms with van der Waals surface area (Å²) in [6, 6.07) is 17.1. The van der Waals surface area contributed by atoms with E-state index in [9.17, 15) is 8.42 Å². The summed E-state index contributed by atoms with van der Waals surface area (Å²) in [5.41, 5.74) is 3.14. The van der Waals surface area contributed by atoms with E-state index in [0.717, 1.165) is 11.1 Å². The maximum atomic E-state index is 13.2. The number of hydroxylamine groups is 2. The number of benzene rings is 2. The van der Waals surface area contributed by atoms with E-state index in [1.165, 1.54) is 5.56 Å². The molecule has 0 radical (unpaired) electrons. The molecule has 0 saturated carbocycles. The molecule has 0 spiro atoms. The van der Waals surface area contributed by atoms with Crippen molar-refractivity contribution in [2.75, 3.05) is 13.7 Å². The van der Waals surface area contributed by atoms with Crippen molar-refractivity contribution in [2.24, 2.45) is 0 Å². The number of hydrogen-bond acceptors (Lipinski definition) is 4. The van der Waals surface area contributed by atoms with Gasteiger partial charge in [-0.2, -0.15) is 5.06 Å². The van der Waals surface area contributed by atoms with Gasteiger partial charge in [0.1, 0.15) is 5.25 Å². The minimum atomic E-state index is -3.59. The average molecular weight is 403 g/mol. The van der Waals surface area contributed by atoms with Crippen LogP contribution >= 0.6 is 0 Å². The fraction of sp³-hybridized carbons (Fsp3) is 0.455. The first-order chi connectivity index (χ1) is 13.1. The Morgan fingerprint density at radius 1 is 1.07 bits per heavy atom. The molecule has 28 heavy (non-hydrogen) atoms. The van der Waals surface area contributed by atoms with Crippen LogP contribution in [0.4, 0.5) is 0 Å². The van der Waals surface area contributed by atoms with Gasteiger partial charge in [0, 0.05) is 13.1 Å². The van der Waals surface area contributed by atoms with E-state index >= 15 is 0 Å². The van der Waals surface area contributed by atoms with Gasteiger partial charge in [-0.15, -0.1) is 0 Å². The summed E-state index contributed by atoms with van der Waals surface area (Å²) in [4.78, 5) is 5.62. The smallest absolute Gasteiger partial charge is 0.219 e. The van der Waals surface area contributed by atoms with E-state index in [2.05, 4.69) is 37.6 Å². The van der Waals surface area contributed by atoms with Crippen LogP contribution in [-0.4, -0.2) is 32.4 Å². The fourth-order valence-electron chi connectivity index (χ4n) is 3.60. The number of hydrogen-bond donors (Lipinski definition) is 1. The molecule has 2 aromatic rings. The quantitative estimate of drug-likeness (QED) is 0.823. The summed E-state index contributed by atoms with van der Waals surface area (Å²) >= 11 is 0. The summed E-state index contributed by atoms with van der Waals surface area (Å²) in [6.07, 6.45) is 0. The molecular formula is C22H30N2O3S. The molecule has 0 bridgehead atoms. The average Bonchev–Trinajstić information content (AvgIpc) is 3.04. The number of rotatable bonds is 5. The van der Waals surface area contributed by atoms with E-state index in [0.29, 0.717) is 0 Å². The van der Waals surface area contributed by atoms with Crippen LogP contribution < -0.4 is 4.72 Å². The molecular weight excluding hydrogens is 372 g/mol. The fourth-order valence-corrected chi connectivity index (χ4v) is 5.32. The Hall–Kier alpha value is -1.73. The molecule has 152 valence electrons. The van der Waals surface area contributed by atoms with Crippen LogP contribution in [0.25, 0.3) is 0 Å². The third-order valence-electron chi connectivity index (χ3n) is 5.34. The lowest BCUT2D eigenvalue weighted by Crippen LogP contribution is -2.40. The van der Waals surface area contributed by atoms with E-state index in [1.54, 1.807) is 12.1 Å². The van der Waals surface area contributed by atoms with Crippen LogP contribution in [0.3, 0.4) is 0 Å². The van der Waals surface area contributed by atoms with Gasteiger partial charge in [0.05, 0.1) is 12.6 Å². The first-order valence-corrected chi connectivity index (χ1v) is 11.2. The van der Waals surface area contributed by atoms with Gasteiger partial charge in [0.25, 0.3) is 0 Å². The lowest BCUT2D eigenvalue weighted by molar-refractivity contribution is -0.110. The normalized spacial score (nSPS) is 22.3. The van der Waals surface area contributed by atoms with Gasteiger partial charge in [0.2, 0.25) is 10.0 Å². The second-order valence-electron chi connectivity index (χ2n) is 8.49. The van der Waals surface area contributed by atoms with E-state index in [1.807, 2.05) is 49.4 Å². The van der Waals surface area contributed by atoms with Crippen molar-refractivity contribution in [1.82, 2.24) is 9.79 Å². The summed E-state index contributed by atoms with van der Waals surface area (Å²) in [6.45, 7) is 8.48. The minimum Gasteiger partial charge on any atom is -0.297 e. The number of nitrogens with one attached hydrogen (secondary N) is 1. The minimum absolute atomic E-state index is 0.0504. The molecule has 1 aliphatic heterocycles. The lowest BCUT2D eigenvalue weighted by atomic mass is 9.86. The van der Waals surface area contributed by atoms with Crippen LogP contribution in [-0.2, 0) is 20.3 Å². The van der Waals surface area contributed by atoms with Crippen molar-refractivity contribution in [3.8, 4) is 0 Å². The number of sulfonamides is 1. The highest BCUT2D eigenvalue weighted by Crippen LogP contribution is 2.35. The predicted molar refractivity (Wildman–Crippen MR) is 112 cm³/mol. The summed E-state index contributed by atoms with van der Waals surface area (Å²) in [5.74, 6) is 0. The molecule has 1 fully saturated rings. The summed E-state index contributed by atoms with van der Waals surface area (Å²) in [5, 5.41) is 0.979. The van der Waals surface area contributed by atoms with Gasteiger partial charge in [-0.05, 0) is 29.0 Å². The predicted octanol–water partition coefficient (Wildman–Crippen LogP) is 3.95. The van der Waals surface area contributed by atoms with Crippen molar-refractivity contribution in [1.29, 1.82) is 0 Å².